The number of carbonyl (C=O) groups is 2. The molecule has 2 heterocycles. The van der Waals surface area contributed by atoms with E-state index in [0.29, 0.717) is 12.8 Å². The lowest BCUT2D eigenvalue weighted by Crippen LogP contribution is -2.38. The summed E-state index contributed by atoms with van der Waals surface area (Å²) in [5, 5.41) is 1.99. The predicted molar refractivity (Wildman–Crippen MR) is 74.1 cm³/mol. The Morgan fingerprint density at radius 2 is 2.16 bits per heavy atom. The van der Waals surface area contributed by atoms with Gasteiger partial charge in [-0.15, -0.1) is 11.3 Å². The van der Waals surface area contributed by atoms with Crippen molar-refractivity contribution >= 4 is 23.3 Å². The standard InChI is InChI=1S/C14H19NO3S/c1-9-7-8-19-12(9)10-5-6-11(16)15(10)13(17)18-14(2,3)4/h7-8,10H,5-6H2,1-4H3. The van der Waals surface area contributed by atoms with E-state index in [0.717, 1.165) is 10.4 Å². The molecular formula is C14H19NO3S. The average Bonchev–Trinajstić information content (AvgIpc) is 2.81. The Kier molecular flexibility index (Phi) is 3.67. The van der Waals surface area contributed by atoms with Crippen molar-refractivity contribution in [3.05, 3.63) is 21.9 Å². The molecule has 0 spiro atoms. The first-order chi connectivity index (χ1) is 8.79. The summed E-state index contributed by atoms with van der Waals surface area (Å²) in [4.78, 5) is 26.5. The van der Waals surface area contributed by atoms with Gasteiger partial charge in [-0.3, -0.25) is 4.79 Å². The molecule has 0 N–H and O–H groups in total. The van der Waals surface area contributed by atoms with Crippen LogP contribution in [0.4, 0.5) is 4.79 Å². The van der Waals surface area contributed by atoms with Gasteiger partial charge in [0.05, 0.1) is 6.04 Å². The number of aryl methyl sites for hydroxylation is 1. The van der Waals surface area contributed by atoms with Gasteiger partial charge in [-0.1, -0.05) is 0 Å². The zero-order valence-electron chi connectivity index (χ0n) is 11.7. The van der Waals surface area contributed by atoms with Crippen molar-refractivity contribution in [1.82, 2.24) is 4.90 Å². The fraction of sp³-hybridized carbons (Fsp3) is 0.571. The van der Waals surface area contributed by atoms with Crippen molar-refractivity contribution in [3.8, 4) is 0 Å². The molecule has 1 aliphatic heterocycles. The van der Waals surface area contributed by atoms with E-state index in [9.17, 15) is 9.59 Å². The lowest BCUT2D eigenvalue weighted by molar-refractivity contribution is -0.128. The highest BCUT2D eigenvalue weighted by molar-refractivity contribution is 7.10. The van der Waals surface area contributed by atoms with E-state index in [1.807, 2.05) is 18.4 Å². The molecule has 1 saturated heterocycles. The number of amides is 2. The molecule has 0 bridgehead atoms. The van der Waals surface area contributed by atoms with E-state index in [1.54, 1.807) is 32.1 Å². The first-order valence-corrected chi connectivity index (χ1v) is 7.26. The molecule has 2 amide bonds. The maximum atomic E-state index is 12.2. The van der Waals surface area contributed by atoms with E-state index in [4.69, 9.17) is 4.74 Å². The first kappa shape index (κ1) is 14.1. The van der Waals surface area contributed by atoms with E-state index >= 15 is 0 Å². The Morgan fingerprint density at radius 1 is 1.47 bits per heavy atom. The molecule has 5 heteroatoms. The molecule has 0 aliphatic carbocycles. The average molecular weight is 281 g/mol. The van der Waals surface area contributed by atoms with Crippen molar-refractivity contribution in [2.45, 2.75) is 52.2 Å². The van der Waals surface area contributed by atoms with Crippen molar-refractivity contribution in [2.75, 3.05) is 0 Å². The van der Waals surface area contributed by atoms with Crippen LogP contribution in [-0.2, 0) is 9.53 Å². The van der Waals surface area contributed by atoms with Crippen LogP contribution < -0.4 is 0 Å². The lowest BCUT2D eigenvalue weighted by atomic mass is 10.1. The SMILES string of the molecule is Cc1ccsc1C1CCC(=O)N1C(=O)OC(C)(C)C. The van der Waals surface area contributed by atoms with Gasteiger partial charge in [0.1, 0.15) is 5.60 Å². The number of thiophene rings is 1. The summed E-state index contributed by atoms with van der Waals surface area (Å²) >= 11 is 1.59. The fourth-order valence-electron chi connectivity index (χ4n) is 2.20. The van der Waals surface area contributed by atoms with E-state index < -0.39 is 11.7 Å². The van der Waals surface area contributed by atoms with Crippen molar-refractivity contribution in [3.63, 3.8) is 0 Å². The zero-order chi connectivity index (χ0) is 14.2. The van der Waals surface area contributed by atoms with Gasteiger partial charge < -0.3 is 4.74 Å². The largest absolute Gasteiger partial charge is 0.443 e. The monoisotopic (exact) mass is 281 g/mol. The second kappa shape index (κ2) is 4.96. The molecule has 0 saturated carbocycles. The summed E-state index contributed by atoms with van der Waals surface area (Å²) in [6, 6.07) is 1.85. The third-order valence-electron chi connectivity index (χ3n) is 3.01. The Balaban J connectivity index is 2.24. The van der Waals surface area contributed by atoms with Crippen LogP contribution in [0, 0.1) is 6.92 Å². The minimum Gasteiger partial charge on any atom is -0.443 e. The van der Waals surface area contributed by atoms with E-state index in [2.05, 4.69) is 0 Å². The van der Waals surface area contributed by atoms with Gasteiger partial charge in [0.15, 0.2) is 0 Å². The third kappa shape index (κ3) is 2.97. The van der Waals surface area contributed by atoms with Crippen LogP contribution in [-0.4, -0.2) is 22.5 Å². The number of nitrogens with zero attached hydrogens (tertiary/aromatic N) is 1. The second-order valence-corrected chi connectivity index (χ2v) is 6.71. The Morgan fingerprint density at radius 3 is 2.68 bits per heavy atom. The highest BCUT2D eigenvalue weighted by Crippen LogP contribution is 2.38. The zero-order valence-corrected chi connectivity index (χ0v) is 12.5. The molecule has 0 radical (unpaired) electrons. The minimum atomic E-state index is -0.588. The third-order valence-corrected chi connectivity index (χ3v) is 4.13. The number of likely N-dealkylation sites (tertiary alicyclic amines) is 1. The van der Waals surface area contributed by atoms with Gasteiger partial charge in [0.25, 0.3) is 0 Å². The number of imide groups is 1. The summed E-state index contributed by atoms with van der Waals surface area (Å²) < 4.78 is 5.33. The number of hydrogen-bond donors (Lipinski definition) is 0. The van der Waals surface area contributed by atoms with Gasteiger partial charge in [-0.25, -0.2) is 9.69 Å². The molecule has 19 heavy (non-hydrogen) atoms. The smallest absolute Gasteiger partial charge is 0.417 e. The maximum absolute atomic E-state index is 12.2. The molecule has 0 aromatic carbocycles. The van der Waals surface area contributed by atoms with Gasteiger partial charge in [-0.2, -0.15) is 0 Å². The highest BCUT2D eigenvalue weighted by Gasteiger charge is 2.40. The van der Waals surface area contributed by atoms with Crippen molar-refractivity contribution in [2.24, 2.45) is 0 Å². The minimum absolute atomic E-state index is 0.146. The quantitative estimate of drug-likeness (QED) is 0.789. The van der Waals surface area contributed by atoms with Crippen LogP contribution in [0.1, 0.15) is 50.1 Å². The van der Waals surface area contributed by atoms with Crippen LogP contribution in [0.15, 0.2) is 11.4 Å². The first-order valence-electron chi connectivity index (χ1n) is 6.38. The van der Waals surface area contributed by atoms with Gasteiger partial charge in [0.2, 0.25) is 5.91 Å². The molecule has 1 aromatic rings. The van der Waals surface area contributed by atoms with Crippen molar-refractivity contribution in [1.29, 1.82) is 0 Å². The Hall–Kier alpha value is -1.36. The normalized spacial score (nSPS) is 19.9. The molecule has 1 unspecified atom stereocenters. The van der Waals surface area contributed by atoms with Gasteiger partial charge >= 0.3 is 6.09 Å². The van der Waals surface area contributed by atoms with Crippen LogP contribution in [0.3, 0.4) is 0 Å². The summed E-state index contributed by atoms with van der Waals surface area (Å²) in [7, 11) is 0. The molecule has 1 aromatic heterocycles. The summed E-state index contributed by atoms with van der Waals surface area (Å²) in [6.45, 7) is 7.41. The molecule has 1 aliphatic rings. The molecule has 2 rings (SSSR count). The van der Waals surface area contributed by atoms with Crippen LogP contribution >= 0.6 is 11.3 Å². The summed E-state index contributed by atoms with van der Waals surface area (Å²) in [5.74, 6) is -0.146. The molecular weight excluding hydrogens is 262 g/mol. The summed E-state index contributed by atoms with van der Waals surface area (Å²) in [5.41, 5.74) is 0.535. The van der Waals surface area contributed by atoms with E-state index in [-0.39, 0.29) is 11.9 Å². The number of hydrogen-bond acceptors (Lipinski definition) is 4. The van der Waals surface area contributed by atoms with Crippen molar-refractivity contribution < 1.29 is 14.3 Å². The molecule has 104 valence electrons. The number of rotatable bonds is 1. The van der Waals surface area contributed by atoms with E-state index in [1.165, 1.54) is 4.90 Å². The van der Waals surface area contributed by atoms with Crippen LogP contribution in [0.25, 0.3) is 0 Å². The fourth-order valence-corrected chi connectivity index (χ4v) is 3.25. The van der Waals surface area contributed by atoms with Gasteiger partial charge in [-0.05, 0) is 51.1 Å². The molecule has 4 nitrogen and oxygen atoms in total. The maximum Gasteiger partial charge on any atom is 0.417 e. The molecule has 1 atom stereocenters. The molecule has 1 fully saturated rings. The second-order valence-electron chi connectivity index (χ2n) is 5.77. The van der Waals surface area contributed by atoms with Crippen LogP contribution in [0.2, 0.25) is 0 Å². The number of carbonyl (C=O) groups excluding carboxylic acids is 2. The Labute approximate surface area is 117 Å². The van der Waals surface area contributed by atoms with Gasteiger partial charge in [0, 0.05) is 11.3 Å². The van der Waals surface area contributed by atoms with Crippen LogP contribution in [0.5, 0.6) is 0 Å². The topological polar surface area (TPSA) is 46.6 Å². The lowest BCUT2D eigenvalue weighted by Gasteiger charge is -2.27. The highest BCUT2D eigenvalue weighted by atomic mass is 32.1. The summed E-state index contributed by atoms with van der Waals surface area (Å²) in [6.07, 6.45) is 0.550. The number of ether oxygens (including phenoxy) is 1. The predicted octanol–water partition coefficient (Wildman–Crippen LogP) is 3.66. The Bertz CT molecular complexity index is 501.